The van der Waals surface area contributed by atoms with Crippen LogP contribution >= 0.6 is 11.6 Å². The summed E-state index contributed by atoms with van der Waals surface area (Å²) in [5.74, 6) is -0.610. The van der Waals surface area contributed by atoms with Crippen molar-refractivity contribution >= 4 is 34.3 Å². The fourth-order valence-corrected chi connectivity index (χ4v) is 4.78. The molecule has 33 heavy (non-hydrogen) atoms. The van der Waals surface area contributed by atoms with E-state index in [1.165, 1.54) is 10.9 Å². The van der Waals surface area contributed by atoms with Crippen molar-refractivity contribution in [2.24, 2.45) is 0 Å². The Kier molecular flexibility index (Phi) is 5.62. The van der Waals surface area contributed by atoms with E-state index in [4.69, 9.17) is 16.8 Å². The number of nitrogens with one attached hydrogen (secondary N) is 1. The van der Waals surface area contributed by atoms with Gasteiger partial charge in [0.15, 0.2) is 0 Å². The van der Waals surface area contributed by atoms with Gasteiger partial charge in [-0.3, -0.25) is 14.8 Å². The maximum Gasteiger partial charge on any atom is 0.274 e. The predicted molar refractivity (Wildman–Crippen MR) is 127 cm³/mol. The molecule has 5 rings (SSSR count). The first-order chi connectivity index (χ1) is 16.1. The van der Waals surface area contributed by atoms with Crippen LogP contribution in [0.5, 0.6) is 0 Å². The molecule has 4 aromatic rings. The summed E-state index contributed by atoms with van der Waals surface area (Å²) in [5, 5.41) is 10.5. The fourth-order valence-electron chi connectivity index (χ4n) is 4.56. The summed E-state index contributed by atoms with van der Waals surface area (Å²) in [6.07, 6.45) is 0.772. The molecule has 1 aromatic heterocycles. The normalized spacial score (nSPS) is 13.1. The molecule has 0 aliphatic carbocycles. The van der Waals surface area contributed by atoms with E-state index in [-0.39, 0.29) is 5.91 Å². The van der Waals surface area contributed by atoms with Gasteiger partial charge in [0.05, 0.1) is 17.1 Å². The number of rotatable bonds is 4. The maximum absolute atomic E-state index is 13.2. The van der Waals surface area contributed by atoms with Crippen LogP contribution in [0, 0.1) is 0 Å². The maximum atomic E-state index is 13.2. The van der Waals surface area contributed by atoms with Gasteiger partial charge in [0.25, 0.3) is 11.8 Å². The monoisotopic (exact) mass is 459 g/mol. The molecule has 2 N–H and O–H groups in total. The van der Waals surface area contributed by atoms with Gasteiger partial charge >= 0.3 is 0 Å². The minimum atomic E-state index is -0.543. The number of carbonyl (C=O) groups excluding carboxylic acids is 2. The van der Waals surface area contributed by atoms with Crippen molar-refractivity contribution < 1.29 is 14.8 Å². The van der Waals surface area contributed by atoms with Crippen molar-refractivity contribution in [3.8, 4) is 0 Å². The molecular weight excluding hydrogens is 438 g/mol. The van der Waals surface area contributed by atoms with Crippen molar-refractivity contribution in [3.05, 3.63) is 106 Å². The van der Waals surface area contributed by atoms with E-state index in [9.17, 15) is 9.59 Å². The van der Waals surface area contributed by atoms with E-state index in [0.717, 1.165) is 23.2 Å². The van der Waals surface area contributed by atoms with E-state index in [1.807, 2.05) is 41.3 Å². The Labute approximate surface area is 196 Å². The smallest absolute Gasteiger partial charge is 0.274 e. The minimum Gasteiger partial charge on any atom is -0.338 e. The number of para-hydroxylation sites is 1. The Morgan fingerprint density at radius 1 is 0.970 bits per heavy atom. The lowest BCUT2D eigenvalue weighted by Crippen LogP contribution is -2.36. The molecule has 3 aromatic carbocycles. The summed E-state index contributed by atoms with van der Waals surface area (Å²) < 4.78 is 2.25. The van der Waals surface area contributed by atoms with E-state index in [1.54, 1.807) is 29.7 Å². The van der Waals surface area contributed by atoms with E-state index in [0.29, 0.717) is 35.8 Å². The third kappa shape index (κ3) is 3.88. The zero-order chi connectivity index (χ0) is 22.9. The highest BCUT2D eigenvalue weighted by molar-refractivity contribution is 6.33. The van der Waals surface area contributed by atoms with E-state index in [2.05, 4.69) is 16.7 Å². The van der Waals surface area contributed by atoms with Crippen LogP contribution in [0.2, 0.25) is 5.02 Å². The van der Waals surface area contributed by atoms with Crippen LogP contribution in [0.25, 0.3) is 10.9 Å². The predicted octanol–water partition coefficient (Wildman–Crippen LogP) is 4.66. The van der Waals surface area contributed by atoms with E-state index < -0.39 is 5.91 Å². The zero-order valence-corrected chi connectivity index (χ0v) is 18.5. The molecule has 0 spiro atoms. The fraction of sp³-hybridized carbons (Fsp3) is 0.154. The van der Waals surface area contributed by atoms with Gasteiger partial charge in [0.2, 0.25) is 0 Å². The molecular formula is C26H22ClN3O3. The molecule has 0 radical (unpaired) electrons. The molecule has 1 aliphatic rings. The molecule has 0 bridgehead atoms. The average Bonchev–Trinajstić information content (AvgIpc) is 3.17. The van der Waals surface area contributed by atoms with Gasteiger partial charge in [-0.2, -0.15) is 0 Å². The van der Waals surface area contributed by atoms with Crippen molar-refractivity contribution in [3.63, 3.8) is 0 Å². The largest absolute Gasteiger partial charge is 0.338 e. The number of fused-ring (bicyclic) bond motifs is 3. The van der Waals surface area contributed by atoms with Gasteiger partial charge in [-0.05, 0) is 47.9 Å². The lowest BCUT2D eigenvalue weighted by molar-refractivity contribution is 0.0705. The average molecular weight is 460 g/mol. The summed E-state index contributed by atoms with van der Waals surface area (Å²) in [4.78, 5) is 26.7. The number of aromatic nitrogens is 1. The van der Waals surface area contributed by atoms with Crippen LogP contribution in [-0.4, -0.2) is 33.0 Å². The summed E-state index contributed by atoms with van der Waals surface area (Å²) in [7, 11) is 0. The highest BCUT2D eigenvalue weighted by atomic mass is 35.5. The summed E-state index contributed by atoms with van der Waals surface area (Å²) in [5.41, 5.74) is 7.07. The Balaban J connectivity index is 1.51. The quantitative estimate of drug-likeness (QED) is 0.344. The van der Waals surface area contributed by atoms with Gasteiger partial charge in [0.1, 0.15) is 0 Å². The van der Waals surface area contributed by atoms with Gasteiger partial charge in [-0.25, -0.2) is 5.48 Å². The van der Waals surface area contributed by atoms with Crippen LogP contribution in [-0.2, 0) is 19.5 Å². The van der Waals surface area contributed by atoms with E-state index >= 15 is 0 Å². The number of nitrogens with zero attached hydrogens (tertiary/aromatic N) is 2. The number of hydrogen-bond donors (Lipinski definition) is 2. The van der Waals surface area contributed by atoms with Gasteiger partial charge in [-0.1, -0.05) is 54.1 Å². The molecule has 0 unspecified atom stereocenters. The third-order valence-electron chi connectivity index (χ3n) is 6.22. The van der Waals surface area contributed by atoms with Crippen LogP contribution in [0.3, 0.4) is 0 Å². The lowest BCUT2D eigenvalue weighted by atomic mass is 10.0. The number of amides is 2. The molecule has 0 saturated heterocycles. The summed E-state index contributed by atoms with van der Waals surface area (Å²) in [6, 6.07) is 22.6. The molecule has 0 atom stereocenters. The summed E-state index contributed by atoms with van der Waals surface area (Å²) in [6.45, 7) is 1.74. The first kappa shape index (κ1) is 21.2. The van der Waals surface area contributed by atoms with Crippen LogP contribution < -0.4 is 5.48 Å². The second-order valence-electron chi connectivity index (χ2n) is 8.12. The van der Waals surface area contributed by atoms with Gasteiger partial charge in [0, 0.05) is 35.2 Å². The van der Waals surface area contributed by atoms with Crippen molar-refractivity contribution in [2.75, 3.05) is 6.54 Å². The molecule has 1 aliphatic heterocycles. The second-order valence-corrected chi connectivity index (χ2v) is 8.53. The minimum absolute atomic E-state index is 0.0672. The number of carbonyl (C=O) groups is 2. The van der Waals surface area contributed by atoms with Crippen LogP contribution in [0.1, 0.15) is 37.5 Å². The topological polar surface area (TPSA) is 74.6 Å². The highest BCUT2D eigenvalue weighted by Gasteiger charge is 2.28. The third-order valence-corrected chi connectivity index (χ3v) is 6.55. The Morgan fingerprint density at radius 2 is 1.70 bits per heavy atom. The molecule has 2 heterocycles. The Hall–Kier alpha value is -3.61. The number of hydroxylamine groups is 1. The lowest BCUT2D eigenvalue weighted by Gasteiger charge is -2.29. The zero-order valence-electron chi connectivity index (χ0n) is 17.8. The molecule has 2 amide bonds. The SMILES string of the molecule is O=C(NO)c1ccc(Cn2c3c(c4ccccc42)CCN(C(=O)c2ccccc2Cl)C3)cc1. The molecule has 7 heteroatoms. The first-order valence-electron chi connectivity index (χ1n) is 10.7. The highest BCUT2D eigenvalue weighted by Crippen LogP contribution is 2.32. The standard InChI is InChI=1S/C26H22ClN3O3/c27-22-7-3-1-6-21(22)26(32)29-14-13-20-19-5-2-4-8-23(19)30(24(20)16-29)15-17-9-11-18(12-10-17)25(31)28-33/h1-12,33H,13-16H2,(H,28,31). The number of hydrogen-bond acceptors (Lipinski definition) is 3. The number of halogens is 1. The van der Waals surface area contributed by atoms with Crippen LogP contribution in [0.4, 0.5) is 0 Å². The van der Waals surface area contributed by atoms with Gasteiger partial charge < -0.3 is 9.47 Å². The molecule has 0 saturated carbocycles. The van der Waals surface area contributed by atoms with Gasteiger partial charge in [-0.15, -0.1) is 0 Å². The number of benzene rings is 3. The first-order valence-corrected chi connectivity index (χ1v) is 11.1. The Bertz CT molecular complexity index is 1360. The van der Waals surface area contributed by atoms with Crippen molar-refractivity contribution in [1.82, 2.24) is 14.9 Å². The molecule has 166 valence electrons. The molecule has 0 fully saturated rings. The summed E-state index contributed by atoms with van der Waals surface area (Å²) >= 11 is 6.29. The second kappa shape index (κ2) is 8.73. The van der Waals surface area contributed by atoms with Crippen molar-refractivity contribution in [1.29, 1.82) is 0 Å². The molecule has 6 nitrogen and oxygen atoms in total. The van der Waals surface area contributed by atoms with Crippen LogP contribution in [0.15, 0.2) is 72.8 Å². The van der Waals surface area contributed by atoms with Crippen molar-refractivity contribution in [2.45, 2.75) is 19.5 Å². The Morgan fingerprint density at radius 3 is 2.45 bits per heavy atom.